The summed E-state index contributed by atoms with van der Waals surface area (Å²) in [5.74, 6) is 0.991. The molecule has 30 heavy (non-hydrogen) atoms. The lowest BCUT2D eigenvalue weighted by Crippen LogP contribution is -2.46. The molecule has 0 bridgehead atoms. The molecule has 3 heterocycles. The number of likely N-dealkylation sites (tertiary alicyclic amines) is 1. The Morgan fingerprint density at radius 3 is 2.77 bits per heavy atom. The van der Waals surface area contributed by atoms with E-state index in [1.807, 2.05) is 35.2 Å². The van der Waals surface area contributed by atoms with Gasteiger partial charge < -0.3 is 20.0 Å². The number of halogens is 1. The Hall–Kier alpha value is -2.38. The van der Waals surface area contributed by atoms with Crippen molar-refractivity contribution in [1.29, 1.82) is 0 Å². The Balaban J connectivity index is 0.00000256. The predicted octanol–water partition coefficient (Wildman–Crippen LogP) is 2.79. The van der Waals surface area contributed by atoms with Gasteiger partial charge in [-0.2, -0.15) is 0 Å². The van der Waals surface area contributed by atoms with Crippen molar-refractivity contribution in [2.45, 2.75) is 38.6 Å². The molecule has 2 aromatic rings. The molecule has 2 aliphatic rings. The summed E-state index contributed by atoms with van der Waals surface area (Å²) in [5, 5.41) is 6.27. The minimum atomic E-state index is -0.120. The molecule has 0 spiro atoms. The number of nitrogens with one attached hydrogen (secondary N) is 2. The molecule has 2 saturated heterocycles. The van der Waals surface area contributed by atoms with Crippen molar-refractivity contribution in [3.8, 4) is 11.5 Å². The van der Waals surface area contributed by atoms with Crippen molar-refractivity contribution < 1.29 is 14.0 Å². The van der Waals surface area contributed by atoms with Gasteiger partial charge in [-0.05, 0) is 57.2 Å². The van der Waals surface area contributed by atoms with Gasteiger partial charge in [-0.15, -0.1) is 12.4 Å². The smallest absolute Gasteiger partial charge is 0.291 e. The number of piperidine rings is 1. The van der Waals surface area contributed by atoms with Gasteiger partial charge in [0.25, 0.3) is 5.91 Å². The standard InChI is InChI=1S/C22H28N4O3.ClH/c1-15-19(29-21(25-15)17-8-3-2-4-9-17)22(28)26-12-6-7-16(14-26)13-24-20(27)18-10-5-11-23-18;/h2-4,8-9,16,18,23H,5-7,10-14H2,1H3,(H,24,27);1H. The molecule has 8 heteroatoms. The fourth-order valence-electron chi connectivity index (χ4n) is 4.14. The van der Waals surface area contributed by atoms with Gasteiger partial charge in [0.05, 0.1) is 11.7 Å². The van der Waals surface area contributed by atoms with E-state index in [0.717, 1.165) is 37.8 Å². The first-order valence-electron chi connectivity index (χ1n) is 10.4. The third-order valence-corrected chi connectivity index (χ3v) is 5.76. The number of carbonyl (C=O) groups is 2. The summed E-state index contributed by atoms with van der Waals surface area (Å²) in [6, 6.07) is 9.53. The molecular formula is C22H29ClN4O3. The van der Waals surface area contributed by atoms with E-state index in [4.69, 9.17) is 4.42 Å². The van der Waals surface area contributed by atoms with Crippen LogP contribution in [0.2, 0.25) is 0 Å². The Morgan fingerprint density at radius 2 is 2.03 bits per heavy atom. The summed E-state index contributed by atoms with van der Waals surface area (Å²) in [7, 11) is 0. The quantitative estimate of drug-likeness (QED) is 0.758. The van der Waals surface area contributed by atoms with Gasteiger partial charge >= 0.3 is 0 Å². The number of rotatable bonds is 5. The second-order valence-electron chi connectivity index (χ2n) is 7.95. The summed E-state index contributed by atoms with van der Waals surface area (Å²) in [6.45, 7) is 4.64. The van der Waals surface area contributed by atoms with Gasteiger partial charge in [-0.3, -0.25) is 9.59 Å². The molecule has 0 radical (unpaired) electrons. The zero-order valence-electron chi connectivity index (χ0n) is 17.2. The molecule has 2 amide bonds. The van der Waals surface area contributed by atoms with Gasteiger partial charge in [0.15, 0.2) is 0 Å². The normalized spacial score (nSPS) is 21.2. The zero-order chi connectivity index (χ0) is 20.2. The van der Waals surface area contributed by atoms with Gasteiger partial charge in [0, 0.05) is 25.2 Å². The number of carbonyl (C=O) groups excluding carboxylic acids is 2. The highest BCUT2D eigenvalue weighted by Gasteiger charge is 2.29. The van der Waals surface area contributed by atoms with Gasteiger partial charge in [0.2, 0.25) is 17.6 Å². The average molecular weight is 433 g/mol. The van der Waals surface area contributed by atoms with Crippen LogP contribution in [0.15, 0.2) is 34.7 Å². The van der Waals surface area contributed by atoms with E-state index in [9.17, 15) is 9.59 Å². The second-order valence-corrected chi connectivity index (χ2v) is 7.95. The van der Waals surface area contributed by atoms with Crippen LogP contribution in [0.1, 0.15) is 41.9 Å². The van der Waals surface area contributed by atoms with E-state index in [1.54, 1.807) is 6.92 Å². The summed E-state index contributed by atoms with van der Waals surface area (Å²) in [5.41, 5.74) is 1.46. The molecule has 162 valence electrons. The zero-order valence-corrected chi connectivity index (χ0v) is 18.0. The number of amides is 2. The predicted molar refractivity (Wildman–Crippen MR) is 117 cm³/mol. The molecule has 0 aliphatic carbocycles. The maximum Gasteiger partial charge on any atom is 0.291 e. The third-order valence-electron chi connectivity index (χ3n) is 5.76. The maximum atomic E-state index is 13.1. The molecular weight excluding hydrogens is 404 g/mol. The highest BCUT2D eigenvalue weighted by molar-refractivity contribution is 5.93. The number of benzene rings is 1. The first kappa shape index (κ1) is 22.3. The lowest BCUT2D eigenvalue weighted by Gasteiger charge is -2.32. The Kier molecular flexibility index (Phi) is 7.50. The van der Waals surface area contributed by atoms with Crippen LogP contribution in [0.3, 0.4) is 0 Å². The molecule has 0 saturated carbocycles. The van der Waals surface area contributed by atoms with Crippen LogP contribution in [-0.2, 0) is 4.79 Å². The van der Waals surface area contributed by atoms with Crippen molar-refractivity contribution in [1.82, 2.24) is 20.5 Å². The van der Waals surface area contributed by atoms with E-state index in [-0.39, 0.29) is 36.2 Å². The van der Waals surface area contributed by atoms with E-state index in [0.29, 0.717) is 37.0 Å². The average Bonchev–Trinajstić information content (AvgIpc) is 3.42. The molecule has 2 atom stereocenters. The number of aryl methyl sites for hydroxylation is 1. The molecule has 2 N–H and O–H groups in total. The summed E-state index contributed by atoms with van der Waals surface area (Å²) in [4.78, 5) is 31.6. The SMILES string of the molecule is Cc1nc(-c2ccccc2)oc1C(=O)N1CCCC(CNC(=O)C2CCCN2)C1.Cl. The number of hydrogen-bond acceptors (Lipinski definition) is 5. The summed E-state index contributed by atoms with van der Waals surface area (Å²) < 4.78 is 5.84. The van der Waals surface area contributed by atoms with E-state index < -0.39 is 0 Å². The lowest BCUT2D eigenvalue weighted by atomic mass is 9.97. The molecule has 1 aromatic heterocycles. The largest absolute Gasteiger partial charge is 0.431 e. The van der Waals surface area contributed by atoms with Crippen molar-refractivity contribution in [3.05, 3.63) is 41.8 Å². The van der Waals surface area contributed by atoms with Crippen LogP contribution in [0, 0.1) is 12.8 Å². The fourth-order valence-corrected chi connectivity index (χ4v) is 4.14. The summed E-state index contributed by atoms with van der Waals surface area (Å²) >= 11 is 0. The number of nitrogens with zero attached hydrogens (tertiary/aromatic N) is 2. The van der Waals surface area contributed by atoms with Crippen molar-refractivity contribution in [2.24, 2.45) is 5.92 Å². The topological polar surface area (TPSA) is 87.5 Å². The van der Waals surface area contributed by atoms with Crippen LogP contribution in [0.5, 0.6) is 0 Å². The van der Waals surface area contributed by atoms with E-state index >= 15 is 0 Å². The van der Waals surface area contributed by atoms with Crippen LogP contribution in [0.25, 0.3) is 11.5 Å². The second kappa shape index (κ2) is 10.1. The minimum absolute atomic E-state index is 0. The van der Waals surface area contributed by atoms with Crippen LogP contribution >= 0.6 is 12.4 Å². The molecule has 1 aromatic carbocycles. The highest BCUT2D eigenvalue weighted by atomic mass is 35.5. The molecule has 2 aliphatic heterocycles. The minimum Gasteiger partial charge on any atom is -0.431 e. The fraction of sp³-hybridized carbons (Fsp3) is 0.500. The van der Waals surface area contributed by atoms with Gasteiger partial charge in [-0.1, -0.05) is 18.2 Å². The van der Waals surface area contributed by atoms with Crippen molar-refractivity contribution >= 4 is 24.2 Å². The summed E-state index contributed by atoms with van der Waals surface area (Å²) in [6.07, 6.45) is 3.88. The molecule has 2 fully saturated rings. The Morgan fingerprint density at radius 1 is 1.23 bits per heavy atom. The Labute approximate surface area is 183 Å². The highest BCUT2D eigenvalue weighted by Crippen LogP contribution is 2.24. The first-order chi connectivity index (χ1) is 14.1. The van der Waals surface area contributed by atoms with Crippen LogP contribution < -0.4 is 10.6 Å². The van der Waals surface area contributed by atoms with E-state index in [2.05, 4.69) is 15.6 Å². The molecule has 2 unspecified atom stereocenters. The van der Waals surface area contributed by atoms with E-state index in [1.165, 1.54) is 0 Å². The van der Waals surface area contributed by atoms with Gasteiger partial charge in [0.1, 0.15) is 0 Å². The number of hydrogen-bond donors (Lipinski definition) is 2. The van der Waals surface area contributed by atoms with Crippen LogP contribution in [0.4, 0.5) is 0 Å². The van der Waals surface area contributed by atoms with Gasteiger partial charge in [-0.25, -0.2) is 4.98 Å². The Bertz CT molecular complexity index is 865. The van der Waals surface area contributed by atoms with Crippen molar-refractivity contribution in [2.75, 3.05) is 26.2 Å². The lowest BCUT2D eigenvalue weighted by molar-refractivity contribution is -0.123. The number of oxazole rings is 1. The molecule has 7 nitrogen and oxygen atoms in total. The third kappa shape index (κ3) is 5.02. The van der Waals surface area contributed by atoms with Crippen LogP contribution in [-0.4, -0.2) is 53.9 Å². The molecule has 4 rings (SSSR count). The number of aromatic nitrogens is 1. The van der Waals surface area contributed by atoms with Crippen molar-refractivity contribution in [3.63, 3.8) is 0 Å². The maximum absolute atomic E-state index is 13.1. The first-order valence-corrected chi connectivity index (χ1v) is 10.4. The monoisotopic (exact) mass is 432 g/mol.